The SMILES string of the molecule is Cc1ccc(C)c(N2CCN(C(=O)[C@H]3CCCN(S(=O)(=O)c4cccc5nsnc45)C3)CC2)c1. The zero-order valence-electron chi connectivity index (χ0n) is 19.5. The molecular formula is C24H29N5O3S2. The largest absolute Gasteiger partial charge is 0.368 e. The Kier molecular flexibility index (Phi) is 6.30. The molecule has 2 fully saturated rings. The van der Waals surface area contributed by atoms with Crippen LogP contribution < -0.4 is 4.90 Å². The molecule has 1 amide bonds. The van der Waals surface area contributed by atoms with Crippen molar-refractivity contribution in [2.24, 2.45) is 5.92 Å². The number of carbonyl (C=O) groups is 1. The van der Waals surface area contributed by atoms with Crippen LogP contribution in [-0.2, 0) is 14.8 Å². The lowest BCUT2D eigenvalue weighted by Crippen LogP contribution is -2.53. The molecule has 2 aliphatic heterocycles. The Labute approximate surface area is 204 Å². The molecule has 0 unspecified atom stereocenters. The van der Waals surface area contributed by atoms with Gasteiger partial charge in [-0.3, -0.25) is 4.79 Å². The number of carbonyl (C=O) groups excluding carboxylic acids is 1. The summed E-state index contributed by atoms with van der Waals surface area (Å²) >= 11 is 1.01. The summed E-state index contributed by atoms with van der Waals surface area (Å²) in [6.07, 6.45) is 1.38. The van der Waals surface area contributed by atoms with Gasteiger partial charge in [-0.2, -0.15) is 13.1 Å². The minimum absolute atomic E-state index is 0.0639. The number of piperidine rings is 1. The lowest BCUT2D eigenvalue weighted by Gasteiger charge is -2.40. The normalized spacial score (nSPS) is 20.1. The van der Waals surface area contributed by atoms with Gasteiger partial charge in [-0.25, -0.2) is 8.42 Å². The van der Waals surface area contributed by atoms with Crippen molar-refractivity contribution in [2.75, 3.05) is 44.2 Å². The number of piperazine rings is 1. The van der Waals surface area contributed by atoms with Gasteiger partial charge in [0.05, 0.1) is 17.6 Å². The Hall–Kier alpha value is -2.56. The fraction of sp³-hybridized carbons (Fsp3) is 0.458. The third-order valence-electron chi connectivity index (χ3n) is 6.90. The fourth-order valence-electron chi connectivity index (χ4n) is 4.98. The first-order chi connectivity index (χ1) is 16.3. The zero-order valence-corrected chi connectivity index (χ0v) is 21.1. The molecule has 0 aliphatic carbocycles. The fourth-order valence-corrected chi connectivity index (χ4v) is 7.25. The van der Waals surface area contributed by atoms with Gasteiger partial charge in [0.2, 0.25) is 15.9 Å². The van der Waals surface area contributed by atoms with Crippen molar-refractivity contribution in [3.8, 4) is 0 Å². The summed E-state index contributed by atoms with van der Waals surface area (Å²) in [5.74, 6) is -0.252. The Morgan fingerprint density at radius 1 is 1.03 bits per heavy atom. The van der Waals surface area contributed by atoms with Gasteiger partial charge >= 0.3 is 0 Å². The van der Waals surface area contributed by atoms with Crippen LogP contribution in [0.4, 0.5) is 5.69 Å². The summed E-state index contributed by atoms with van der Waals surface area (Å²) in [6.45, 7) is 7.71. The molecule has 1 atom stereocenters. The number of benzene rings is 2. The summed E-state index contributed by atoms with van der Waals surface area (Å²) in [5, 5.41) is 0. The van der Waals surface area contributed by atoms with E-state index in [1.807, 2.05) is 4.90 Å². The van der Waals surface area contributed by atoms with E-state index in [-0.39, 0.29) is 23.3 Å². The predicted molar refractivity (Wildman–Crippen MR) is 134 cm³/mol. The molecule has 2 aromatic carbocycles. The van der Waals surface area contributed by atoms with Gasteiger partial charge in [0, 0.05) is 45.0 Å². The summed E-state index contributed by atoms with van der Waals surface area (Å²) < 4.78 is 36.7. The number of rotatable bonds is 4. The van der Waals surface area contributed by atoms with E-state index >= 15 is 0 Å². The van der Waals surface area contributed by atoms with Crippen molar-refractivity contribution < 1.29 is 13.2 Å². The Morgan fingerprint density at radius 3 is 2.62 bits per heavy atom. The highest BCUT2D eigenvalue weighted by Gasteiger charge is 2.37. The van der Waals surface area contributed by atoms with Gasteiger partial charge in [-0.1, -0.05) is 18.2 Å². The van der Waals surface area contributed by atoms with E-state index < -0.39 is 10.0 Å². The van der Waals surface area contributed by atoms with E-state index in [4.69, 9.17) is 0 Å². The molecule has 0 N–H and O–H groups in total. The van der Waals surface area contributed by atoms with Gasteiger partial charge in [0.1, 0.15) is 15.9 Å². The minimum atomic E-state index is -3.75. The molecule has 0 radical (unpaired) electrons. The highest BCUT2D eigenvalue weighted by Crippen LogP contribution is 2.29. The number of amides is 1. The van der Waals surface area contributed by atoms with Crippen LogP contribution in [0.2, 0.25) is 0 Å². The molecule has 3 heterocycles. The highest BCUT2D eigenvalue weighted by molar-refractivity contribution is 7.89. The van der Waals surface area contributed by atoms with Crippen LogP contribution >= 0.6 is 11.7 Å². The van der Waals surface area contributed by atoms with Crippen LogP contribution in [0.3, 0.4) is 0 Å². The number of sulfonamides is 1. The zero-order chi connectivity index (χ0) is 23.9. The first kappa shape index (κ1) is 23.2. The topological polar surface area (TPSA) is 86.7 Å². The number of aromatic nitrogens is 2. The molecule has 8 nitrogen and oxygen atoms in total. The Balaban J connectivity index is 1.27. The Morgan fingerprint density at radius 2 is 1.82 bits per heavy atom. The van der Waals surface area contributed by atoms with Crippen LogP contribution in [0, 0.1) is 19.8 Å². The summed E-state index contributed by atoms with van der Waals surface area (Å²) in [4.78, 5) is 17.8. The van der Waals surface area contributed by atoms with Crippen molar-refractivity contribution in [1.29, 1.82) is 0 Å². The van der Waals surface area contributed by atoms with Crippen LogP contribution in [-0.4, -0.2) is 71.5 Å². The smallest absolute Gasteiger partial charge is 0.245 e. The van der Waals surface area contributed by atoms with Gasteiger partial charge in [-0.05, 0) is 56.0 Å². The van der Waals surface area contributed by atoms with Crippen molar-refractivity contribution >= 4 is 44.4 Å². The third kappa shape index (κ3) is 4.30. The maximum Gasteiger partial charge on any atom is 0.245 e. The van der Waals surface area contributed by atoms with Crippen molar-refractivity contribution in [2.45, 2.75) is 31.6 Å². The number of anilines is 1. The minimum Gasteiger partial charge on any atom is -0.368 e. The van der Waals surface area contributed by atoms with Gasteiger partial charge in [0.15, 0.2) is 0 Å². The summed E-state index contributed by atoms with van der Waals surface area (Å²) in [7, 11) is -3.75. The maximum absolute atomic E-state index is 13.4. The predicted octanol–water partition coefficient (Wildman–Crippen LogP) is 3.06. The van der Waals surface area contributed by atoms with E-state index in [0.29, 0.717) is 43.5 Å². The third-order valence-corrected chi connectivity index (χ3v) is 9.34. The number of fused-ring (bicyclic) bond motifs is 1. The average Bonchev–Trinajstić information content (AvgIpc) is 3.34. The molecular weight excluding hydrogens is 470 g/mol. The molecule has 1 aromatic heterocycles. The molecule has 34 heavy (non-hydrogen) atoms. The van der Waals surface area contributed by atoms with Crippen molar-refractivity contribution in [1.82, 2.24) is 18.0 Å². The van der Waals surface area contributed by atoms with Gasteiger partial charge in [-0.15, -0.1) is 0 Å². The molecule has 0 bridgehead atoms. The molecule has 0 spiro atoms. The van der Waals surface area contributed by atoms with Crippen molar-refractivity contribution in [3.05, 3.63) is 47.5 Å². The second-order valence-electron chi connectivity index (χ2n) is 9.19. The first-order valence-corrected chi connectivity index (χ1v) is 13.8. The van der Waals surface area contributed by atoms with E-state index in [1.54, 1.807) is 18.2 Å². The second kappa shape index (κ2) is 9.24. The van der Waals surface area contributed by atoms with Crippen LogP contribution in [0.5, 0.6) is 0 Å². The monoisotopic (exact) mass is 499 g/mol. The van der Waals surface area contributed by atoms with Crippen LogP contribution in [0.1, 0.15) is 24.0 Å². The molecule has 180 valence electrons. The highest BCUT2D eigenvalue weighted by atomic mass is 32.2. The Bertz CT molecular complexity index is 1320. The molecule has 5 rings (SSSR count). The number of hydrogen-bond donors (Lipinski definition) is 0. The van der Waals surface area contributed by atoms with Crippen molar-refractivity contribution in [3.63, 3.8) is 0 Å². The second-order valence-corrected chi connectivity index (χ2v) is 11.6. The number of hydrogen-bond acceptors (Lipinski definition) is 7. The summed E-state index contributed by atoms with van der Waals surface area (Å²) in [6, 6.07) is 11.5. The van der Waals surface area contributed by atoms with E-state index in [9.17, 15) is 13.2 Å². The molecule has 2 aliphatic rings. The quantitative estimate of drug-likeness (QED) is 0.548. The van der Waals surface area contributed by atoms with E-state index in [0.717, 1.165) is 24.8 Å². The maximum atomic E-state index is 13.4. The lowest BCUT2D eigenvalue weighted by molar-refractivity contribution is -0.137. The summed E-state index contributed by atoms with van der Waals surface area (Å²) in [5.41, 5.74) is 4.68. The van der Waals surface area contributed by atoms with E-state index in [1.165, 1.54) is 21.1 Å². The van der Waals surface area contributed by atoms with Gasteiger partial charge in [0.25, 0.3) is 0 Å². The van der Waals surface area contributed by atoms with E-state index in [2.05, 4.69) is 45.7 Å². The number of aryl methyl sites for hydroxylation is 2. The average molecular weight is 500 g/mol. The van der Waals surface area contributed by atoms with Crippen LogP contribution in [0.25, 0.3) is 11.0 Å². The molecule has 2 saturated heterocycles. The molecule has 3 aromatic rings. The standard InChI is InChI=1S/C24H29N5O3S2/c1-17-8-9-18(2)21(15-17)27-11-13-28(14-12-27)24(30)19-5-4-10-29(16-19)34(31,32)22-7-3-6-20-23(22)26-33-25-20/h3,6-9,15,19H,4-5,10-14,16H2,1-2H3/t19-/m0/s1. The first-order valence-electron chi connectivity index (χ1n) is 11.7. The number of nitrogens with zero attached hydrogens (tertiary/aromatic N) is 5. The van der Waals surface area contributed by atoms with Crippen LogP contribution in [0.15, 0.2) is 41.3 Å². The molecule has 10 heteroatoms. The molecule has 0 saturated carbocycles. The van der Waals surface area contributed by atoms with Gasteiger partial charge < -0.3 is 9.80 Å². The lowest BCUT2D eigenvalue weighted by atomic mass is 9.97.